The second-order valence-corrected chi connectivity index (χ2v) is 11.4. The van der Waals surface area contributed by atoms with Gasteiger partial charge in [-0.2, -0.15) is 0 Å². The summed E-state index contributed by atoms with van der Waals surface area (Å²) in [6.07, 6.45) is 0.335. The quantitative estimate of drug-likeness (QED) is 0.608. The van der Waals surface area contributed by atoms with E-state index in [1.165, 1.54) is 0 Å². The van der Waals surface area contributed by atoms with Gasteiger partial charge in [-0.15, -0.1) is 5.92 Å². The molecule has 0 aromatic rings. The minimum atomic E-state index is -1.74. The Morgan fingerprint density at radius 2 is 1.72 bits per heavy atom. The molecule has 0 saturated carbocycles. The molecule has 0 aromatic carbocycles. The lowest BCUT2D eigenvalue weighted by Crippen LogP contribution is -2.44. The van der Waals surface area contributed by atoms with E-state index >= 15 is 0 Å². The zero-order chi connectivity index (χ0) is 14.6. The fourth-order valence-electron chi connectivity index (χ4n) is 1.60. The molecule has 1 N–H and O–H groups in total. The van der Waals surface area contributed by atoms with E-state index in [1.54, 1.807) is 6.92 Å². The maximum atomic E-state index is 10.1. The van der Waals surface area contributed by atoms with Crippen LogP contribution >= 0.6 is 0 Å². The molecule has 18 heavy (non-hydrogen) atoms. The Morgan fingerprint density at radius 1 is 1.22 bits per heavy atom. The Labute approximate surface area is 114 Å². The van der Waals surface area contributed by atoms with Gasteiger partial charge in [-0.05, 0) is 45.3 Å². The van der Waals surface area contributed by atoms with Crippen LogP contribution in [0.25, 0.3) is 0 Å². The molecule has 0 aromatic heterocycles. The summed E-state index contributed by atoms with van der Waals surface area (Å²) in [6.45, 7) is 17.0. The summed E-state index contributed by atoms with van der Waals surface area (Å²) in [4.78, 5) is 0. The van der Waals surface area contributed by atoms with Gasteiger partial charge in [-0.1, -0.05) is 26.7 Å². The number of hydrogen-bond donors (Lipinski definition) is 1. The molecule has 0 saturated heterocycles. The molecule has 0 unspecified atom stereocenters. The van der Waals surface area contributed by atoms with Crippen molar-refractivity contribution in [2.45, 2.75) is 78.3 Å². The van der Waals surface area contributed by atoms with Gasteiger partial charge in [0.1, 0.15) is 0 Å². The molecular weight excluding hydrogens is 240 g/mol. The van der Waals surface area contributed by atoms with E-state index in [0.717, 1.165) is 0 Å². The van der Waals surface area contributed by atoms with Crippen LogP contribution in [0.3, 0.4) is 0 Å². The summed E-state index contributed by atoms with van der Waals surface area (Å²) in [5.41, 5.74) is 0. The van der Waals surface area contributed by atoms with E-state index in [4.69, 9.17) is 4.43 Å². The van der Waals surface area contributed by atoms with Crippen molar-refractivity contribution in [1.82, 2.24) is 0 Å². The van der Waals surface area contributed by atoms with Gasteiger partial charge in [-0.3, -0.25) is 0 Å². The summed E-state index contributed by atoms with van der Waals surface area (Å²) in [7, 11) is -1.74. The summed E-state index contributed by atoms with van der Waals surface area (Å²) >= 11 is 0. The largest absolute Gasteiger partial charge is 0.414 e. The highest BCUT2D eigenvalue weighted by Gasteiger charge is 2.38. The van der Waals surface area contributed by atoms with Crippen LogP contribution in [0.1, 0.15) is 48.0 Å². The maximum absolute atomic E-state index is 10.1. The zero-order valence-electron chi connectivity index (χ0n) is 13.3. The number of aliphatic hydroxyl groups excluding tert-OH is 1. The standard InChI is InChI=1S/C15H30O2Si/c1-9-10-12(2)14(16)11-13(3)17-18(7,8)15(4,5)6/h12-14,16H,11H2,1-8H3/t12-,13-,14-/m1/s1. The third-order valence-corrected chi connectivity index (χ3v) is 8.43. The Bertz CT molecular complexity index is 307. The smallest absolute Gasteiger partial charge is 0.192 e. The molecule has 0 heterocycles. The first kappa shape index (κ1) is 17.7. The molecule has 0 rings (SSSR count). The molecular formula is C15H30O2Si. The predicted molar refractivity (Wildman–Crippen MR) is 81.0 cm³/mol. The number of aliphatic hydroxyl groups is 1. The third-order valence-electron chi connectivity index (χ3n) is 3.82. The molecule has 0 amide bonds. The Hall–Kier alpha value is -0.303. The van der Waals surface area contributed by atoms with E-state index in [-0.39, 0.29) is 17.1 Å². The van der Waals surface area contributed by atoms with Crippen molar-refractivity contribution in [1.29, 1.82) is 0 Å². The summed E-state index contributed by atoms with van der Waals surface area (Å²) in [6, 6.07) is 0. The van der Waals surface area contributed by atoms with Crippen LogP contribution in [-0.4, -0.2) is 25.6 Å². The number of hydrogen-bond acceptors (Lipinski definition) is 2. The minimum Gasteiger partial charge on any atom is -0.414 e. The molecule has 0 radical (unpaired) electrons. The van der Waals surface area contributed by atoms with Crippen LogP contribution in [0.4, 0.5) is 0 Å². The topological polar surface area (TPSA) is 29.5 Å². The zero-order valence-corrected chi connectivity index (χ0v) is 14.3. The van der Waals surface area contributed by atoms with Gasteiger partial charge in [0, 0.05) is 12.0 Å². The monoisotopic (exact) mass is 270 g/mol. The van der Waals surface area contributed by atoms with Gasteiger partial charge in [0.05, 0.1) is 6.10 Å². The second-order valence-electron chi connectivity index (χ2n) is 6.67. The summed E-state index contributed by atoms with van der Waals surface area (Å²) < 4.78 is 6.23. The molecule has 3 heteroatoms. The Balaban J connectivity index is 4.42. The number of rotatable bonds is 5. The first-order chi connectivity index (χ1) is 8.01. The molecule has 0 fully saturated rings. The third kappa shape index (κ3) is 5.56. The minimum absolute atomic E-state index is 0.0143. The first-order valence-corrected chi connectivity index (χ1v) is 9.70. The molecule has 0 bridgehead atoms. The van der Waals surface area contributed by atoms with Gasteiger partial charge in [-0.25, -0.2) is 0 Å². The summed E-state index contributed by atoms with van der Waals surface area (Å²) in [5.74, 6) is 5.87. The van der Waals surface area contributed by atoms with E-state index in [2.05, 4.69) is 52.6 Å². The highest BCUT2D eigenvalue weighted by molar-refractivity contribution is 6.74. The maximum Gasteiger partial charge on any atom is 0.192 e. The van der Waals surface area contributed by atoms with Gasteiger partial charge >= 0.3 is 0 Å². The lowest BCUT2D eigenvalue weighted by Gasteiger charge is -2.39. The van der Waals surface area contributed by atoms with Crippen LogP contribution in [-0.2, 0) is 4.43 Å². The second kappa shape index (κ2) is 6.74. The van der Waals surface area contributed by atoms with Crippen LogP contribution in [0.5, 0.6) is 0 Å². The van der Waals surface area contributed by atoms with E-state index in [9.17, 15) is 5.11 Å². The first-order valence-electron chi connectivity index (χ1n) is 6.79. The van der Waals surface area contributed by atoms with E-state index in [0.29, 0.717) is 6.42 Å². The van der Waals surface area contributed by atoms with Gasteiger partial charge in [0.2, 0.25) is 0 Å². The fourth-order valence-corrected chi connectivity index (χ4v) is 3.05. The summed E-state index contributed by atoms with van der Waals surface area (Å²) in [5, 5.41) is 10.3. The fraction of sp³-hybridized carbons (Fsp3) is 0.867. The SMILES string of the molecule is CC#C[C@@H](C)[C@H](O)C[C@@H](C)O[Si](C)(C)C(C)(C)C. The van der Waals surface area contributed by atoms with Gasteiger partial charge in [0.25, 0.3) is 0 Å². The van der Waals surface area contributed by atoms with Crippen LogP contribution < -0.4 is 0 Å². The van der Waals surface area contributed by atoms with Crippen molar-refractivity contribution in [3.63, 3.8) is 0 Å². The van der Waals surface area contributed by atoms with Crippen molar-refractivity contribution in [2.75, 3.05) is 0 Å². The molecule has 0 aliphatic carbocycles. The Morgan fingerprint density at radius 3 is 2.11 bits per heavy atom. The Kier molecular flexibility index (Phi) is 6.63. The van der Waals surface area contributed by atoms with Crippen LogP contribution in [0.15, 0.2) is 0 Å². The molecule has 2 nitrogen and oxygen atoms in total. The van der Waals surface area contributed by atoms with Crippen LogP contribution in [0.2, 0.25) is 18.1 Å². The van der Waals surface area contributed by atoms with Crippen molar-refractivity contribution < 1.29 is 9.53 Å². The lowest BCUT2D eigenvalue weighted by atomic mass is 10.0. The predicted octanol–water partition coefficient (Wildman–Crippen LogP) is 3.81. The van der Waals surface area contributed by atoms with Crippen molar-refractivity contribution in [3.8, 4) is 11.8 Å². The average Bonchev–Trinajstić information content (AvgIpc) is 2.14. The highest BCUT2D eigenvalue weighted by Crippen LogP contribution is 2.37. The van der Waals surface area contributed by atoms with Gasteiger partial charge < -0.3 is 9.53 Å². The van der Waals surface area contributed by atoms with Crippen molar-refractivity contribution >= 4 is 8.32 Å². The van der Waals surface area contributed by atoms with Crippen LogP contribution in [0, 0.1) is 17.8 Å². The highest BCUT2D eigenvalue weighted by atomic mass is 28.4. The molecule has 0 aliphatic rings. The lowest BCUT2D eigenvalue weighted by molar-refractivity contribution is 0.0755. The van der Waals surface area contributed by atoms with Gasteiger partial charge in [0.15, 0.2) is 8.32 Å². The van der Waals surface area contributed by atoms with Crippen molar-refractivity contribution in [2.24, 2.45) is 5.92 Å². The van der Waals surface area contributed by atoms with E-state index in [1.807, 2.05) is 6.92 Å². The molecule has 3 atom stereocenters. The van der Waals surface area contributed by atoms with Crippen molar-refractivity contribution in [3.05, 3.63) is 0 Å². The average molecular weight is 270 g/mol. The molecule has 0 spiro atoms. The molecule has 106 valence electrons. The normalized spacial score (nSPS) is 17.6. The van der Waals surface area contributed by atoms with E-state index < -0.39 is 14.4 Å². The molecule has 0 aliphatic heterocycles.